The molecule has 0 fully saturated rings. The highest BCUT2D eigenvalue weighted by Crippen LogP contribution is 2.23. The Kier molecular flexibility index (Phi) is 10.2. The zero-order valence-corrected chi connectivity index (χ0v) is 14.8. The highest BCUT2D eigenvalue weighted by atomic mass is 32.4. The van der Waals surface area contributed by atoms with E-state index in [1.165, 1.54) is 43.5 Å². The first-order valence-electron chi connectivity index (χ1n) is 6.71. The van der Waals surface area contributed by atoms with Gasteiger partial charge < -0.3 is 4.43 Å². The summed E-state index contributed by atoms with van der Waals surface area (Å²) in [5.74, 6) is 1.36. The molecule has 4 heteroatoms. The summed E-state index contributed by atoms with van der Waals surface area (Å²) in [6, 6.07) is 2.72. The van der Waals surface area contributed by atoms with E-state index in [1.807, 2.05) is 7.11 Å². The molecule has 0 bridgehead atoms. The van der Waals surface area contributed by atoms with E-state index < -0.39 is 16.3 Å². The maximum Gasteiger partial charge on any atom is 0.189 e. The van der Waals surface area contributed by atoms with Crippen LogP contribution in [-0.4, -0.2) is 29.1 Å². The zero-order valence-electron chi connectivity index (χ0n) is 11.8. The van der Waals surface area contributed by atoms with Gasteiger partial charge in [0.25, 0.3) is 0 Å². The molecule has 1 unspecified atom stereocenters. The first-order valence-corrected chi connectivity index (χ1v) is 14.3. The maximum atomic E-state index is 5.83. The van der Waals surface area contributed by atoms with Crippen molar-refractivity contribution in [2.75, 3.05) is 12.9 Å². The SMILES string of the molecule is CCCCC[Si](C)(CCCS[SiH](C)C)OC. The Bertz CT molecular complexity index is 167. The van der Waals surface area contributed by atoms with E-state index in [9.17, 15) is 0 Å². The molecule has 1 atom stereocenters. The Morgan fingerprint density at radius 2 is 1.75 bits per heavy atom. The van der Waals surface area contributed by atoms with Crippen molar-refractivity contribution in [1.82, 2.24) is 0 Å². The first kappa shape index (κ1) is 16.7. The first-order chi connectivity index (χ1) is 7.54. The van der Waals surface area contributed by atoms with Crippen molar-refractivity contribution in [3.05, 3.63) is 0 Å². The highest BCUT2D eigenvalue weighted by Gasteiger charge is 2.26. The molecule has 0 saturated heterocycles. The van der Waals surface area contributed by atoms with Gasteiger partial charge in [-0.05, 0) is 30.8 Å². The van der Waals surface area contributed by atoms with Gasteiger partial charge >= 0.3 is 0 Å². The molecule has 0 aliphatic carbocycles. The van der Waals surface area contributed by atoms with Gasteiger partial charge in [-0.1, -0.05) is 39.3 Å². The largest absolute Gasteiger partial charge is 0.420 e. The van der Waals surface area contributed by atoms with Gasteiger partial charge in [0.1, 0.15) is 0 Å². The summed E-state index contributed by atoms with van der Waals surface area (Å²) in [5.41, 5.74) is 0. The molecule has 0 radical (unpaired) electrons. The Morgan fingerprint density at radius 3 is 2.25 bits per heavy atom. The molecule has 0 aliphatic rings. The molecule has 0 spiro atoms. The van der Waals surface area contributed by atoms with E-state index in [0.717, 1.165) is 0 Å². The van der Waals surface area contributed by atoms with E-state index in [1.54, 1.807) is 0 Å². The van der Waals surface area contributed by atoms with Crippen molar-refractivity contribution in [2.24, 2.45) is 0 Å². The average molecular weight is 279 g/mol. The van der Waals surface area contributed by atoms with Crippen LogP contribution in [0.2, 0.25) is 31.7 Å². The molecular formula is C12H30OSSi2. The zero-order chi connectivity index (χ0) is 12.4. The van der Waals surface area contributed by atoms with Gasteiger partial charge in [0.15, 0.2) is 8.32 Å². The van der Waals surface area contributed by atoms with E-state index in [-0.39, 0.29) is 0 Å². The highest BCUT2D eigenvalue weighted by molar-refractivity contribution is 8.25. The lowest BCUT2D eigenvalue weighted by Gasteiger charge is -2.25. The summed E-state index contributed by atoms with van der Waals surface area (Å²) in [4.78, 5) is 0. The predicted octanol–water partition coefficient (Wildman–Crippen LogP) is 4.51. The molecule has 0 aromatic heterocycles. The van der Waals surface area contributed by atoms with Gasteiger partial charge in [-0.15, -0.1) is 0 Å². The number of unbranched alkanes of at least 4 members (excludes halogenated alkanes) is 2. The Hall–Kier alpha value is 0.744. The minimum absolute atomic E-state index is 0.401. The van der Waals surface area contributed by atoms with Crippen LogP contribution >= 0.6 is 11.2 Å². The molecule has 0 saturated carbocycles. The van der Waals surface area contributed by atoms with Crippen molar-refractivity contribution in [1.29, 1.82) is 0 Å². The van der Waals surface area contributed by atoms with E-state index >= 15 is 0 Å². The molecule has 0 aliphatic heterocycles. The normalized spacial score (nSPS) is 15.4. The minimum Gasteiger partial charge on any atom is -0.420 e. The summed E-state index contributed by atoms with van der Waals surface area (Å²) in [6.07, 6.45) is 5.44. The molecular weight excluding hydrogens is 248 g/mol. The molecule has 0 aromatic rings. The summed E-state index contributed by atoms with van der Waals surface area (Å²) in [5, 5.41) is 0. The lowest BCUT2D eigenvalue weighted by atomic mass is 10.3. The third-order valence-corrected chi connectivity index (χ3v) is 10.8. The van der Waals surface area contributed by atoms with Crippen molar-refractivity contribution in [2.45, 2.75) is 64.3 Å². The van der Waals surface area contributed by atoms with Crippen LogP contribution in [0.25, 0.3) is 0 Å². The lowest BCUT2D eigenvalue weighted by Crippen LogP contribution is -2.32. The molecule has 0 amide bonds. The van der Waals surface area contributed by atoms with Crippen molar-refractivity contribution >= 4 is 27.5 Å². The summed E-state index contributed by atoms with van der Waals surface area (Å²) < 4.78 is 5.83. The Balaban J connectivity index is 3.69. The van der Waals surface area contributed by atoms with Crippen LogP contribution in [-0.2, 0) is 4.43 Å². The van der Waals surface area contributed by atoms with Gasteiger partial charge in [-0.25, -0.2) is 0 Å². The van der Waals surface area contributed by atoms with Crippen LogP contribution in [0.3, 0.4) is 0 Å². The third kappa shape index (κ3) is 8.85. The molecule has 0 heterocycles. The maximum absolute atomic E-state index is 5.83. The van der Waals surface area contributed by atoms with Crippen LogP contribution in [0.15, 0.2) is 0 Å². The van der Waals surface area contributed by atoms with Crippen LogP contribution in [0.1, 0.15) is 32.6 Å². The topological polar surface area (TPSA) is 9.23 Å². The van der Waals surface area contributed by atoms with Gasteiger partial charge in [0.2, 0.25) is 0 Å². The monoisotopic (exact) mass is 278 g/mol. The van der Waals surface area contributed by atoms with Gasteiger partial charge in [-0.2, -0.15) is 11.2 Å². The minimum atomic E-state index is -1.33. The molecule has 0 aromatic carbocycles. The van der Waals surface area contributed by atoms with E-state index in [4.69, 9.17) is 4.43 Å². The Morgan fingerprint density at radius 1 is 1.12 bits per heavy atom. The number of hydrogen-bond acceptors (Lipinski definition) is 2. The fourth-order valence-corrected chi connectivity index (χ4v) is 7.38. The van der Waals surface area contributed by atoms with Gasteiger partial charge in [-0.3, -0.25) is 0 Å². The second-order valence-corrected chi connectivity index (χ2v) is 16.1. The number of rotatable bonds is 10. The molecule has 0 N–H and O–H groups in total. The van der Waals surface area contributed by atoms with Crippen LogP contribution < -0.4 is 0 Å². The van der Waals surface area contributed by atoms with Crippen LogP contribution in [0.4, 0.5) is 0 Å². The van der Waals surface area contributed by atoms with Crippen molar-refractivity contribution < 1.29 is 4.43 Å². The summed E-state index contributed by atoms with van der Waals surface area (Å²) >= 11 is 2.22. The van der Waals surface area contributed by atoms with E-state index in [0.29, 0.717) is 0 Å². The lowest BCUT2D eigenvalue weighted by molar-refractivity contribution is 0.393. The summed E-state index contributed by atoms with van der Waals surface area (Å²) in [7, 11) is 0.201. The summed E-state index contributed by atoms with van der Waals surface area (Å²) in [6.45, 7) is 9.52. The fourth-order valence-electron chi connectivity index (χ4n) is 1.84. The quantitative estimate of drug-likeness (QED) is 0.430. The Labute approximate surface area is 109 Å². The number of hydrogen-bond donors (Lipinski definition) is 0. The van der Waals surface area contributed by atoms with Crippen molar-refractivity contribution in [3.8, 4) is 0 Å². The fraction of sp³-hybridized carbons (Fsp3) is 1.00. The second-order valence-electron chi connectivity index (χ2n) is 5.13. The van der Waals surface area contributed by atoms with E-state index in [2.05, 4.69) is 37.8 Å². The average Bonchev–Trinajstić information content (AvgIpc) is 2.25. The molecule has 1 nitrogen and oxygen atoms in total. The molecule has 98 valence electrons. The molecule has 16 heavy (non-hydrogen) atoms. The van der Waals surface area contributed by atoms with Crippen LogP contribution in [0.5, 0.6) is 0 Å². The predicted molar refractivity (Wildman–Crippen MR) is 83.7 cm³/mol. The van der Waals surface area contributed by atoms with Gasteiger partial charge in [0, 0.05) is 7.11 Å². The van der Waals surface area contributed by atoms with Gasteiger partial charge in [0.05, 0.1) is 7.95 Å². The third-order valence-electron chi connectivity index (χ3n) is 3.10. The van der Waals surface area contributed by atoms with Crippen LogP contribution in [0, 0.1) is 0 Å². The second kappa shape index (κ2) is 9.74. The smallest absolute Gasteiger partial charge is 0.189 e. The standard InChI is InChI=1S/C12H30OSSi2/c1-6-7-8-11-16(5,13-2)12-9-10-14-15(3)4/h15H,6-12H2,1-5H3. The molecule has 0 rings (SSSR count). The van der Waals surface area contributed by atoms with Crippen molar-refractivity contribution in [3.63, 3.8) is 0 Å².